The summed E-state index contributed by atoms with van der Waals surface area (Å²) in [5.41, 5.74) is 0. The van der Waals surface area contributed by atoms with Crippen LogP contribution in [0.4, 0.5) is 0 Å². The zero-order valence-electron chi connectivity index (χ0n) is 8.04. The van der Waals surface area contributed by atoms with Gasteiger partial charge in [0.25, 0.3) is 0 Å². The summed E-state index contributed by atoms with van der Waals surface area (Å²) in [7, 11) is 0. The molecule has 1 saturated carbocycles. The molecule has 0 radical (unpaired) electrons. The molecule has 2 aliphatic rings. The van der Waals surface area contributed by atoms with E-state index in [1.807, 2.05) is 11.8 Å². The molecule has 2 atom stereocenters. The Kier molecular flexibility index (Phi) is 3.52. The van der Waals surface area contributed by atoms with E-state index < -0.39 is 0 Å². The lowest BCUT2D eigenvalue weighted by molar-refractivity contribution is 0.200. The van der Waals surface area contributed by atoms with Crippen molar-refractivity contribution in [2.24, 2.45) is 0 Å². The van der Waals surface area contributed by atoms with Gasteiger partial charge in [-0.1, -0.05) is 19.3 Å². The second kappa shape index (κ2) is 4.67. The molecule has 0 spiro atoms. The summed E-state index contributed by atoms with van der Waals surface area (Å²) < 4.78 is 0. The Labute approximate surface area is 84.5 Å². The molecule has 2 rings (SSSR count). The first kappa shape index (κ1) is 9.81. The first-order chi connectivity index (χ1) is 6.36. The van der Waals surface area contributed by atoms with Gasteiger partial charge in [-0.25, -0.2) is 0 Å². The highest BCUT2D eigenvalue weighted by atomic mass is 32.2. The van der Waals surface area contributed by atoms with Gasteiger partial charge in [0, 0.05) is 23.6 Å². The van der Waals surface area contributed by atoms with Crippen molar-refractivity contribution < 1.29 is 5.11 Å². The topological polar surface area (TPSA) is 32.3 Å². The van der Waals surface area contributed by atoms with Gasteiger partial charge < -0.3 is 10.4 Å². The van der Waals surface area contributed by atoms with Crippen molar-refractivity contribution in [3.63, 3.8) is 0 Å². The number of β-amino-alcohol motifs (C(OH)–C–C–N with tert-alkyl or cyclic N) is 1. The zero-order chi connectivity index (χ0) is 9.10. The van der Waals surface area contributed by atoms with Gasteiger partial charge in [-0.05, 0) is 12.8 Å². The van der Waals surface area contributed by atoms with Crippen molar-refractivity contribution in [3.8, 4) is 0 Å². The van der Waals surface area contributed by atoms with Crippen LogP contribution in [0.3, 0.4) is 0 Å². The van der Waals surface area contributed by atoms with Crippen molar-refractivity contribution >= 4 is 11.8 Å². The highest BCUT2D eigenvalue weighted by Crippen LogP contribution is 2.32. The first-order valence-electron chi connectivity index (χ1n) is 5.40. The first-order valence-corrected chi connectivity index (χ1v) is 6.35. The fourth-order valence-corrected chi connectivity index (χ4v) is 3.82. The highest BCUT2D eigenvalue weighted by Gasteiger charge is 2.28. The fourth-order valence-electron chi connectivity index (χ4n) is 2.23. The second-order valence-corrected chi connectivity index (χ2v) is 5.70. The van der Waals surface area contributed by atoms with Gasteiger partial charge in [0.15, 0.2) is 0 Å². The zero-order valence-corrected chi connectivity index (χ0v) is 8.85. The third kappa shape index (κ3) is 2.61. The van der Waals surface area contributed by atoms with Crippen LogP contribution >= 0.6 is 11.8 Å². The van der Waals surface area contributed by atoms with Crippen molar-refractivity contribution in [3.05, 3.63) is 0 Å². The molecular formula is C10H19NOS. The summed E-state index contributed by atoms with van der Waals surface area (Å²) >= 11 is 2.02. The Hall–Kier alpha value is 0.270. The quantitative estimate of drug-likeness (QED) is 0.708. The molecule has 2 unspecified atom stereocenters. The van der Waals surface area contributed by atoms with Gasteiger partial charge in [0.1, 0.15) is 0 Å². The van der Waals surface area contributed by atoms with Crippen LogP contribution in [0.2, 0.25) is 0 Å². The van der Waals surface area contributed by atoms with Crippen molar-refractivity contribution in [2.45, 2.75) is 48.7 Å². The SMILES string of the molecule is OC1CNCC1SC1CCCCC1. The van der Waals surface area contributed by atoms with Crippen LogP contribution in [0.5, 0.6) is 0 Å². The Bertz CT molecular complexity index is 159. The average molecular weight is 201 g/mol. The third-order valence-corrected chi connectivity index (χ3v) is 4.73. The molecule has 1 aliphatic heterocycles. The van der Waals surface area contributed by atoms with Gasteiger partial charge in [0.2, 0.25) is 0 Å². The monoisotopic (exact) mass is 201 g/mol. The van der Waals surface area contributed by atoms with Crippen LogP contribution in [0, 0.1) is 0 Å². The van der Waals surface area contributed by atoms with Gasteiger partial charge >= 0.3 is 0 Å². The molecular weight excluding hydrogens is 182 g/mol. The predicted molar refractivity (Wildman–Crippen MR) is 57.1 cm³/mol. The second-order valence-electron chi connectivity index (χ2n) is 4.16. The minimum Gasteiger partial charge on any atom is -0.391 e. The van der Waals surface area contributed by atoms with Gasteiger partial charge in [-0.3, -0.25) is 0 Å². The van der Waals surface area contributed by atoms with E-state index in [9.17, 15) is 5.11 Å². The Morgan fingerprint density at radius 2 is 1.85 bits per heavy atom. The molecule has 76 valence electrons. The van der Waals surface area contributed by atoms with Gasteiger partial charge in [-0.15, -0.1) is 0 Å². The highest BCUT2D eigenvalue weighted by molar-refractivity contribution is 8.00. The molecule has 2 N–H and O–H groups in total. The van der Waals surface area contributed by atoms with E-state index in [-0.39, 0.29) is 6.10 Å². The lowest BCUT2D eigenvalue weighted by Crippen LogP contribution is -2.24. The number of rotatable bonds is 2. The normalized spacial score (nSPS) is 36.7. The molecule has 1 heterocycles. The molecule has 2 nitrogen and oxygen atoms in total. The molecule has 0 aromatic heterocycles. The molecule has 0 bridgehead atoms. The van der Waals surface area contributed by atoms with Crippen molar-refractivity contribution in [1.29, 1.82) is 0 Å². The Balaban J connectivity index is 1.75. The standard InChI is InChI=1S/C10H19NOS/c12-9-6-11-7-10(9)13-8-4-2-1-3-5-8/h8-12H,1-7H2. The van der Waals surface area contributed by atoms with Crippen LogP contribution in [-0.4, -0.2) is 34.8 Å². The maximum atomic E-state index is 9.64. The van der Waals surface area contributed by atoms with E-state index in [0.29, 0.717) is 5.25 Å². The molecule has 1 aliphatic carbocycles. The number of aliphatic hydroxyl groups is 1. The van der Waals surface area contributed by atoms with Crippen LogP contribution < -0.4 is 5.32 Å². The summed E-state index contributed by atoms with van der Waals surface area (Å²) in [5, 5.41) is 14.2. The number of thioether (sulfide) groups is 1. The van der Waals surface area contributed by atoms with E-state index in [1.165, 1.54) is 32.1 Å². The molecule has 3 heteroatoms. The van der Waals surface area contributed by atoms with Crippen molar-refractivity contribution in [1.82, 2.24) is 5.32 Å². The molecule has 0 aromatic carbocycles. The minimum absolute atomic E-state index is 0.105. The van der Waals surface area contributed by atoms with E-state index in [4.69, 9.17) is 0 Å². The van der Waals surface area contributed by atoms with E-state index >= 15 is 0 Å². The Morgan fingerprint density at radius 1 is 1.08 bits per heavy atom. The Morgan fingerprint density at radius 3 is 2.46 bits per heavy atom. The molecule has 1 saturated heterocycles. The summed E-state index contributed by atoms with van der Waals surface area (Å²) in [6.07, 6.45) is 6.85. The fraction of sp³-hybridized carbons (Fsp3) is 1.00. The van der Waals surface area contributed by atoms with Gasteiger partial charge in [0.05, 0.1) is 6.10 Å². The minimum atomic E-state index is -0.105. The molecule has 2 fully saturated rings. The maximum absolute atomic E-state index is 9.64. The summed E-state index contributed by atoms with van der Waals surface area (Å²) in [4.78, 5) is 0. The summed E-state index contributed by atoms with van der Waals surface area (Å²) in [6, 6.07) is 0. The average Bonchev–Trinajstić information content (AvgIpc) is 2.54. The van der Waals surface area contributed by atoms with Crippen LogP contribution in [0.1, 0.15) is 32.1 Å². The van der Waals surface area contributed by atoms with E-state index in [0.717, 1.165) is 18.3 Å². The smallest absolute Gasteiger partial charge is 0.0795 e. The number of nitrogens with one attached hydrogen (secondary N) is 1. The third-order valence-electron chi connectivity index (χ3n) is 3.05. The largest absolute Gasteiger partial charge is 0.391 e. The predicted octanol–water partition coefficient (Wildman–Crippen LogP) is 1.39. The van der Waals surface area contributed by atoms with Crippen LogP contribution in [0.15, 0.2) is 0 Å². The van der Waals surface area contributed by atoms with E-state index in [2.05, 4.69) is 5.32 Å². The molecule has 0 aromatic rings. The van der Waals surface area contributed by atoms with Gasteiger partial charge in [-0.2, -0.15) is 11.8 Å². The summed E-state index contributed by atoms with van der Waals surface area (Å²) in [6.45, 7) is 1.80. The number of aliphatic hydroxyl groups excluding tert-OH is 1. The van der Waals surface area contributed by atoms with Crippen LogP contribution in [-0.2, 0) is 0 Å². The maximum Gasteiger partial charge on any atom is 0.0795 e. The molecule has 0 amide bonds. The molecule has 13 heavy (non-hydrogen) atoms. The lowest BCUT2D eigenvalue weighted by Gasteiger charge is -2.25. The lowest BCUT2D eigenvalue weighted by atomic mass is 10.0. The van der Waals surface area contributed by atoms with Crippen LogP contribution in [0.25, 0.3) is 0 Å². The van der Waals surface area contributed by atoms with Crippen molar-refractivity contribution in [2.75, 3.05) is 13.1 Å². The summed E-state index contributed by atoms with van der Waals surface area (Å²) in [5.74, 6) is 0. The number of hydrogen-bond donors (Lipinski definition) is 2. The number of hydrogen-bond acceptors (Lipinski definition) is 3. The van der Waals surface area contributed by atoms with E-state index in [1.54, 1.807) is 0 Å².